The van der Waals surface area contributed by atoms with E-state index in [2.05, 4.69) is 10.3 Å². The largest absolute Gasteiger partial charge is 0.456 e. The molecule has 1 aliphatic rings. The third-order valence-electron chi connectivity index (χ3n) is 3.89. The first-order chi connectivity index (χ1) is 11.5. The quantitative estimate of drug-likeness (QED) is 0.883. The van der Waals surface area contributed by atoms with Gasteiger partial charge in [0.15, 0.2) is 11.6 Å². The highest BCUT2D eigenvalue weighted by molar-refractivity contribution is 5.91. The number of hydrogen-bond acceptors (Lipinski definition) is 6. The molecule has 0 bridgehead atoms. The van der Waals surface area contributed by atoms with Crippen LogP contribution in [-0.2, 0) is 11.8 Å². The molecule has 0 aromatic carbocycles. The molecule has 0 saturated carbocycles. The molecule has 8 nitrogen and oxygen atoms in total. The summed E-state index contributed by atoms with van der Waals surface area (Å²) >= 11 is 0. The number of aromatic nitrogens is 2. The van der Waals surface area contributed by atoms with E-state index in [1.54, 1.807) is 43.4 Å². The van der Waals surface area contributed by atoms with E-state index in [9.17, 15) is 9.59 Å². The zero-order valence-corrected chi connectivity index (χ0v) is 13.7. The van der Waals surface area contributed by atoms with Gasteiger partial charge in [-0.1, -0.05) is 0 Å². The molecule has 1 saturated heterocycles. The predicted octanol–water partition coefficient (Wildman–Crippen LogP) is 0.635. The van der Waals surface area contributed by atoms with Crippen molar-refractivity contribution in [2.45, 2.75) is 13.0 Å². The monoisotopic (exact) mass is 332 g/mol. The first kappa shape index (κ1) is 16.3. The van der Waals surface area contributed by atoms with Gasteiger partial charge in [-0.15, -0.1) is 0 Å². The highest BCUT2D eigenvalue weighted by Gasteiger charge is 2.26. The molecule has 2 aromatic heterocycles. The van der Waals surface area contributed by atoms with Gasteiger partial charge in [-0.2, -0.15) is 0 Å². The third-order valence-corrected chi connectivity index (χ3v) is 3.89. The van der Waals surface area contributed by atoms with Crippen LogP contribution in [0.5, 0.6) is 0 Å². The molecular formula is C16H20N4O4. The van der Waals surface area contributed by atoms with Gasteiger partial charge < -0.3 is 23.9 Å². The first-order valence-corrected chi connectivity index (χ1v) is 7.77. The van der Waals surface area contributed by atoms with Gasteiger partial charge in [-0.3, -0.25) is 9.59 Å². The molecule has 0 unspecified atom stereocenters. The lowest BCUT2D eigenvalue weighted by molar-refractivity contribution is -0.0160. The zero-order valence-electron chi connectivity index (χ0n) is 13.7. The molecule has 3 rings (SSSR count). The maximum Gasteiger partial charge on any atom is 0.293 e. The third kappa shape index (κ3) is 3.48. The molecular weight excluding hydrogens is 312 g/mol. The minimum Gasteiger partial charge on any atom is -0.456 e. The summed E-state index contributed by atoms with van der Waals surface area (Å²) in [6.45, 7) is 3.58. The smallest absolute Gasteiger partial charge is 0.293 e. The van der Waals surface area contributed by atoms with Gasteiger partial charge in [0.05, 0.1) is 12.7 Å². The van der Waals surface area contributed by atoms with E-state index in [1.165, 1.54) is 4.57 Å². The molecule has 1 fully saturated rings. The standard InChI is InChI=1S/C16H20N4O4/c1-11-3-4-13(24-11)15(21)20-7-8-23-12(10-20)9-18-14-16(22)19(2)6-5-17-14/h3-6,12H,7-10H2,1-2H3,(H,17,18)/t12-/m0/s1. The van der Waals surface area contributed by atoms with Crippen LogP contribution in [0.3, 0.4) is 0 Å². The Labute approximate surface area is 139 Å². The van der Waals surface area contributed by atoms with E-state index < -0.39 is 0 Å². The summed E-state index contributed by atoms with van der Waals surface area (Å²) in [7, 11) is 1.66. The van der Waals surface area contributed by atoms with Gasteiger partial charge in [0, 0.05) is 39.1 Å². The SMILES string of the molecule is Cc1ccc(C(=O)N2CCO[C@@H](CNc3nccn(C)c3=O)C2)o1. The Balaban J connectivity index is 1.60. The molecule has 1 aliphatic heterocycles. The number of hydrogen-bond donors (Lipinski definition) is 1. The van der Waals surface area contributed by atoms with Gasteiger partial charge in [0.2, 0.25) is 0 Å². The Morgan fingerprint density at radius 1 is 1.46 bits per heavy atom. The summed E-state index contributed by atoms with van der Waals surface area (Å²) in [6.07, 6.45) is 2.93. The molecule has 1 N–H and O–H groups in total. The van der Waals surface area contributed by atoms with Crippen LogP contribution in [0.2, 0.25) is 0 Å². The fourth-order valence-corrected chi connectivity index (χ4v) is 2.56. The summed E-state index contributed by atoms with van der Waals surface area (Å²) in [5.41, 5.74) is -0.202. The van der Waals surface area contributed by atoms with E-state index in [-0.39, 0.29) is 23.4 Å². The van der Waals surface area contributed by atoms with Crippen LogP contribution in [0.25, 0.3) is 0 Å². The molecule has 0 aliphatic carbocycles. The van der Waals surface area contributed by atoms with E-state index in [1.807, 2.05) is 0 Å². The molecule has 2 aromatic rings. The van der Waals surface area contributed by atoms with Crippen molar-refractivity contribution in [2.24, 2.45) is 7.05 Å². The van der Waals surface area contributed by atoms with Crippen molar-refractivity contribution in [2.75, 3.05) is 31.6 Å². The van der Waals surface area contributed by atoms with Crippen molar-refractivity contribution in [1.29, 1.82) is 0 Å². The van der Waals surface area contributed by atoms with Gasteiger partial charge >= 0.3 is 0 Å². The second-order valence-electron chi connectivity index (χ2n) is 5.73. The average molecular weight is 332 g/mol. The summed E-state index contributed by atoms with van der Waals surface area (Å²) in [5.74, 6) is 1.16. The molecule has 0 spiro atoms. The van der Waals surface area contributed by atoms with Crippen LogP contribution >= 0.6 is 0 Å². The number of anilines is 1. The fourth-order valence-electron chi connectivity index (χ4n) is 2.56. The highest BCUT2D eigenvalue weighted by atomic mass is 16.5. The predicted molar refractivity (Wildman–Crippen MR) is 87.1 cm³/mol. The molecule has 3 heterocycles. The normalized spacial score (nSPS) is 17.8. The number of carbonyl (C=O) groups is 1. The van der Waals surface area contributed by atoms with Crippen molar-refractivity contribution in [3.63, 3.8) is 0 Å². The summed E-state index contributed by atoms with van der Waals surface area (Å²) in [4.78, 5) is 30.1. The molecule has 0 radical (unpaired) electrons. The molecule has 24 heavy (non-hydrogen) atoms. The summed E-state index contributed by atoms with van der Waals surface area (Å²) < 4.78 is 12.5. The van der Waals surface area contributed by atoms with Gasteiger partial charge in [-0.05, 0) is 19.1 Å². The van der Waals surface area contributed by atoms with E-state index in [4.69, 9.17) is 9.15 Å². The van der Waals surface area contributed by atoms with Crippen molar-refractivity contribution in [3.8, 4) is 0 Å². The van der Waals surface area contributed by atoms with Crippen LogP contribution < -0.4 is 10.9 Å². The fraction of sp³-hybridized carbons (Fsp3) is 0.438. The van der Waals surface area contributed by atoms with E-state index in [0.29, 0.717) is 37.8 Å². The molecule has 1 amide bonds. The van der Waals surface area contributed by atoms with Crippen LogP contribution in [0, 0.1) is 6.92 Å². The van der Waals surface area contributed by atoms with Gasteiger partial charge in [0.25, 0.3) is 11.5 Å². The van der Waals surface area contributed by atoms with E-state index in [0.717, 1.165) is 0 Å². The molecule has 1 atom stereocenters. The number of nitrogens with zero attached hydrogens (tertiary/aromatic N) is 3. The molecule has 128 valence electrons. The minimum atomic E-state index is -0.217. The van der Waals surface area contributed by atoms with Crippen molar-refractivity contribution in [3.05, 3.63) is 46.4 Å². The molecule has 8 heteroatoms. The van der Waals surface area contributed by atoms with Crippen molar-refractivity contribution in [1.82, 2.24) is 14.5 Å². The maximum atomic E-state index is 12.4. The lowest BCUT2D eigenvalue weighted by Gasteiger charge is -2.32. The number of morpholine rings is 1. The number of amides is 1. The average Bonchev–Trinajstić information content (AvgIpc) is 3.02. The van der Waals surface area contributed by atoms with Crippen LogP contribution in [0.4, 0.5) is 5.82 Å². The Hall–Kier alpha value is -2.61. The number of nitrogens with one attached hydrogen (secondary N) is 1. The second-order valence-corrected chi connectivity index (χ2v) is 5.73. The Bertz CT molecular complexity index is 782. The highest BCUT2D eigenvalue weighted by Crippen LogP contribution is 2.13. The number of furan rings is 1. The number of rotatable bonds is 4. The van der Waals surface area contributed by atoms with Crippen LogP contribution in [0.1, 0.15) is 16.3 Å². The van der Waals surface area contributed by atoms with Crippen molar-refractivity contribution < 1.29 is 13.9 Å². The van der Waals surface area contributed by atoms with Gasteiger partial charge in [0.1, 0.15) is 5.76 Å². The second kappa shape index (κ2) is 6.88. The minimum absolute atomic E-state index is 0.148. The Morgan fingerprint density at radius 2 is 2.29 bits per heavy atom. The summed E-state index contributed by atoms with van der Waals surface area (Å²) in [5, 5.41) is 3.00. The van der Waals surface area contributed by atoms with Gasteiger partial charge in [-0.25, -0.2) is 4.98 Å². The number of ether oxygens (including phenoxy) is 1. The topological polar surface area (TPSA) is 89.6 Å². The maximum absolute atomic E-state index is 12.4. The lowest BCUT2D eigenvalue weighted by Crippen LogP contribution is -2.48. The van der Waals surface area contributed by atoms with E-state index >= 15 is 0 Å². The van der Waals surface area contributed by atoms with Crippen molar-refractivity contribution >= 4 is 11.7 Å². The number of carbonyl (C=O) groups excluding carboxylic acids is 1. The first-order valence-electron chi connectivity index (χ1n) is 7.77. The van der Waals surface area contributed by atoms with Crippen LogP contribution in [0.15, 0.2) is 33.7 Å². The number of aryl methyl sites for hydroxylation is 2. The van der Waals surface area contributed by atoms with Crippen LogP contribution in [-0.4, -0.2) is 52.7 Å². The zero-order chi connectivity index (χ0) is 17.1. The Kier molecular flexibility index (Phi) is 4.66. The lowest BCUT2D eigenvalue weighted by atomic mass is 10.2. The summed E-state index contributed by atoms with van der Waals surface area (Å²) in [6, 6.07) is 3.45. The Morgan fingerprint density at radius 3 is 3.04 bits per heavy atom.